The Kier molecular flexibility index (Phi) is 9.10. The van der Waals surface area contributed by atoms with E-state index in [4.69, 9.17) is 39.5 Å². The molecule has 0 fully saturated rings. The Balaban J connectivity index is 2.09. The van der Waals surface area contributed by atoms with Gasteiger partial charge in [0.1, 0.15) is 0 Å². The molecule has 0 bridgehead atoms. The smallest absolute Gasteiger partial charge is 0.306 e. The Morgan fingerprint density at radius 2 is 1.71 bits per heavy atom. The molecule has 0 unspecified atom stereocenters. The van der Waals surface area contributed by atoms with Crippen LogP contribution < -0.4 is 0 Å². The fourth-order valence-corrected chi connectivity index (χ4v) is 3.40. The Morgan fingerprint density at radius 1 is 0.964 bits per heavy atom. The lowest BCUT2D eigenvalue weighted by atomic mass is 10.1. The number of amides is 1. The monoisotopic (exact) mass is 441 g/mol. The van der Waals surface area contributed by atoms with Gasteiger partial charge in [-0.05, 0) is 42.7 Å². The highest BCUT2D eigenvalue weighted by Crippen LogP contribution is 2.23. The molecule has 0 saturated carbocycles. The van der Waals surface area contributed by atoms with Gasteiger partial charge in [0, 0.05) is 34.6 Å². The van der Waals surface area contributed by atoms with Crippen LogP contribution in [0.5, 0.6) is 0 Å². The van der Waals surface area contributed by atoms with Crippen molar-refractivity contribution in [2.45, 2.75) is 32.7 Å². The zero-order valence-corrected chi connectivity index (χ0v) is 17.9. The molecule has 0 saturated heterocycles. The maximum atomic E-state index is 12.7. The van der Waals surface area contributed by atoms with Gasteiger partial charge < -0.3 is 9.64 Å². The fourth-order valence-electron chi connectivity index (χ4n) is 2.70. The number of nitrogens with zero attached hydrogens (tertiary/aromatic N) is 1. The van der Waals surface area contributed by atoms with Gasteiger partial charge in [-0.3, -0.25) is 9.59 Å². The summed E-state index contributed by atoms with van der Waals surface area (Å²) in [5, 5.41) is 1.71. The number of rotatable bonds is 9. The fraction of sp³-hybridized carbons (Fsp3) is 0.333. The van der Waals surface area contributed by atoms with E-state index < -0.39 is 0 Å². The molecule has 2 aromatic carbocycles. The predicted octanol–water partition coefficient (Wildman–Crippen LogP) is 5.56. The zero-order chi connectivity index (χ0) is 20.5. The molecule has 0 radical (unpaired) electrons. The number of halogens is 3. The summed E-state index contributed by atoms with van der Waals surface area (Å²) < 4.78 is 4.90. The SMILES string of the molecule is CCOC(=O)CCC(=O)N(CCc1ccc(Cl)cc1Cl)Cc1ccccc1Cl. The average molecular weight is 443 g/mol. The molecule has 0 atom stereocenters. The topological polar surface area (TPSA) is 46.6 Å². The van der Waals surface area contributed by atoms with Crippen molar-refractivity contribution in [3.63, 3.8) is 0 Å². The van der Waals surface area contributed by atoms with Gasteiger partial charge in [-0.1, -0.05) is 59.1 Å². The van der Waals surface area contributed by atoms with Crippen molar-refractivity contribution in [2.24, 2.45) is 0 Å². The van der Waals surface area contributed by atoms with E-state index in [1.807, 2.05) is 24.3 Å². The first-order chi connectivity index (χ1) is 13.4. The molecule has 0 spiro atoms. The Labute approximate surface area is 180 Å². The normalized spacial score (nSPS) is 10.6. The van der Waals surface area contributed by atoms with Gasteiger partial charge >= 0.3 is 5.97 Å². The third-order valence-corrected chi connectivity index (χ3v) is 5.14. The van der Waals surface area contributed by atoms with E-state index >= 15 is 0 Å². The van der Waals surface area contributed by atoms with Gasteiger partial charge in [-0.2, -0.15) is 0 Å². The molecule has 2 rings (SSSR count). The van der Waals surface area contributed by atoms with E-state index in [0.29, 0.717) is 41.2 Å². The number of hydrogen-bond donors (Lipinski definition) is 0. The van der Waals surface area contributed by atoms with Crippen LogP contribution in [0.1, 0.15) is 30.9 Å². The molecule has 2 aromatic rings. The molecule has 28 heavy (non-hydrogen) atoms. The Morgan fingerprint density at radius 3 is 2.39 bits per heavy atom. The summed E-state index contributed by atoms with van der Waals surface area (Å²) in [7, 11) is 0. The van der Waals surface area contributed by atoms with Gasteiger partial charge in [0.2, 0.25) is 5.91 Å². The van der Waals surface area contributed by atoms with Crippen molar-refractivity contribution in [3.05, 3.63) is 68.7 Å². The Hall–Kier alpha value is -1.75. The molecule has 0 aliphatic rings. The van der Waals surface area contributed by atoms with E-state index in [9.17, 15) is 9.59 Å². The molecule has 0 aliphatic heterocycles. The van der Waals surface area contributed by atoms with Crippen LogP contribution in [0.3, 0.4) is 0 Å². The van der Waals surface area contributed by atoms with Gasteiger partial charge in [0.25, 0.3) is 0 Å². The predicted molar refractivity (Wildman–Crippen MR) is 113 cm³/mol. The van der Waals surface area contributed by atoms with E-state index in [1.165, 1.54) is 0 Å². The summed E-state index contributed by atoms with van der Waals surface area (Å²) in [6, 6.07) is 12.7. The first kappa shape index (κ1) is 22.5. The summed E-state index contributed by atoms with van der Waals surface area (Å²) in [5.41, 5.74) is 1.74. The number of ether oxygens (including phenoxy) is 1. The largest absolute Gasteiger partial charge is 0.466 e. The summed E-state index contributed by atoms with van der Waals surface area (Å²) in [5.74, 6) is -0.521. The van der Waals surface area contributed by atoms with Crippen LogP contribution in [-0.2, 0) is 27.3 Å². The molecule has 4 nitrogen and oxygen atoms in total. The van der Waals surface area contributed by atoms with Gasteiger partial charge in [0.05, 0.1) is 13.0 Å². The second-order valence-electron chi connectivity index (χ2n) is 6.20. The summed E-state index contributed by atoms with van der Waals surface area (Å²) in [6.07, 6.45) is 0.691. The van der Waals surface area contributed by atoms with Crippen molar-refractivity contribution < 1.29 is 14.3 Å². The van der Waals surface area contributed by atoms with Crippen molar-refractivity contribution in [1.82, 2.24) is 4.90 Å². The molecule has 0 N–H and O–H groups in total. The highest BCUT2D eigenvalue weighted by Gasteiger charge is 2.17. The van der Waals surface area contributed by atoms with Crippen LogP contribution >= 0.6 is 34.8 Å². The van der Waals surface area contributed by atoms with Crippen LogP contribution in [0.2, 0.25) is 15.1 Å². The zero-order valence-electron chi connectivity index (χ0n) is 15.6. The summed E-state index contributed by atoms with van der Waals surface area (Å²) in [6.45, 7) is 2.82. The third-order valence-electron chi connectivity index (χ3n) is 4.19. The van der Waals surface area contributed by atoms with E-state index in [-0.39, 0.29) is 24.7 Å². The maximum absolute atomic E-state index is 12.7. The molecule has 0 aliphatic carbocycles. The first-order valence-corrected chi connectivity index (χ1v) is 10.1. The average Bonchev–Trinajstić information content (AvgIpc) is 2.66. The second-order valence-corrected chi connectivity index (χ2v) is 7.45. The number of esters is 1. The lowest BCUT2D eigenvalue weighted by molar-refractivity contribution is -0.145. The minimum Gasteiger partial charge on any atom is -0.466 e. The van der Waals surface area contributed by atoms with E-state index in [2.05, 4.69) is 0 Å². The quantitative estimate of drug-likeness (QED) is 0.478. The molecule has 150 valence electrons. The minimum atomic E-state index is -0.380. The molecule has 1 amide bonds. The lowest BCUT2D eigenvalue weighted by Gasteiger charge is -2.24. The van der Waals surface area contributed by atoms with Gasteiger partial charge in [-0.15, -0.1) is 0 Å². The maximum Gasteiger partial charge on any atom is 0.306 e. The standard InChI is InChI=1S/C21H22Cl3NO3/c1-2-28-21(27)10-9-20(26)25(14-16-5-3-4-6-18(16)23)12-11-15-7-8-17(22)13-19(15)24/h3-8,13H,2,9-12,14H2,1H3. The van der Waals surface area contributed by atoms with Gasteiger partial charge in [-0.25, -0.2) is 0 Å². The van der Waals surface area contributed by atoms with Crippen LogP contribution in [0.4, 0.5) is 0 Å². The summed E-state index contributed by atoms with van der Waals surface area (Å²) in [4.78, 5) is 26.0. The van der Waals surface area contributed by atoms with E-state index in [1.54, 1.807) is 30.0 Å². The number of carbonyl (C=O) groups excluding carboxylic acids is 2. The van der Waals surface area contributed by atoms with Crippen molar-refractivity contribution >= 4 is 46.7 Å². The molecular formula is C21H22Cl3NO3. The lowest BCUT2D eigenvalue weighted by Crippen LogP contribution is -2.33. The van der Waals surface area contributed by atoms with Crippen molar-refractivity contribution in [2.75, 3.05) is 13.2 Å². The van der Waals surface area contributed by atoms with Crippen molar-refractivity contribution in [1.29, 1.82) is 0 Å². The number of hydrogen-bond acceptors (Lipinski definition) is 3. The first-order valence-electron chi connectivity index (χ1n) is 9.01. The summed E-state index contributed by atoms with van der Waals surface area (Å²) >= 11 is 18.4. The highest BCUT2D eigenvalue weighted by molar-refractivity contribution is 6.35. The number of benzene rings is 2. The van der Waals surface area contributed by atoms with E-state index in [0.717, 1.165) is 11.1 Å². The molecule has 0 heterocycles. The third kappa shape index (κ3) is 7.01. The van der Waals surface area contributed by atoms with Crippen LogP contribution in [-0.4, -0.2) is 29.9 Å². The number of carbonyl (C=O) groups is 2. The highest BCUT2D eigenvalue weighted by atomic mass is 35.5. The molecule has 7 heteroatoms. The molecule has 0 aromatic heterocycles. The second kappa shape index (κ2) is 11.3. The van der Waals surface area contributed by atoms with Crippen molar-refractivity contribution in [3.8, 4) is 0 Å². The van der Waals surface area contributed by atoms with Crippen LogP contribution in [0.25, 0.3) is 0 Å². The van der Waals surface area contributed by atoms with Crippen LogP contribution in [0, 0.1) is 0 Å². The van der Waals surface area contributed by atoms with Crippen LogP contribution in [0.15, 0.2) is 42.5 Å². The molecular weight excluding hydrogens is 421 g/mol. The van der Waals surface area contributed by atoms with Gasteiger partial charge in [0.15, 0.2) is 0 Å². The Bertz CT molecular complexity index is 826. The minimum absolute atomic E-state index is 0.0490.